The van der Waals surface area contributed by atoms with Crippen molar-refractivity contribution in [2.24, 2.45) is 0 Å². The first-order valence-corrected chi connectivity index (χ1v) is 9.66. The Bertz CT molecular complexity index is 678. The molecule has 0 bridgehead atoms. The van der Waals surface area contributed by atoms with Crippen molar-refractivity contribution in [3.63, 3.8) is 0 Å². The van der Waals surface area contributed by atoms with Crippen molar-refractivity contribution in [1.29, 1.82) is 0 Å². The summed E-state index contributed by atoms with van der Waals surface area (Å²) in [4.78, 5) is 23.9. The van der Waals surface area contributed by atoms with Gasteiger partial charge in [-0.25, -0.2) is 0 Å². The molecule has 7 nitrogen and oxygen atoms in total. The van der Waals surface area contributed by atoms with Crippen LogP contribution in [0.3, 0.4) is 0 Å². The third-order valence-electron chi connectivity index (χ3n) is 4.18. The highest BCUT2D eigenvalue weighted by Crippen LogP contribution is 2.43. The number of ether oxygens (including phenoxy) is 5. The summed E-state index contributed by atoms with van der Waals surface area (Å²) in [6, 6.07) is 9.77. The van der Waals surface area contributed by atoms with Crippen LogP contribution in [0.25, 0.3) is 0 Å². The molecule has 1 aromatic rings. The van der Waals surface area contributed by atoms with E-state index < -0.39 is 47.6 Å². The van der Waals surface area contributed by atoms with Crippen molar-refractivity contribution in [2.45, 2.75) is 68.2 Å². The maximum Gasteiger partial charge on any atom is 0.303 e. The molecule has 2 heterocycles. The summed E-state index contributed by atoms with van der Waals surface area (Å²) in [6.07, 6.45) is -2.36. The topological polar surface area (TPSA) is 80.3 Å². The number of fused-ring (bicyclic) bond motifs is 1. The van der Waals surface area contributed by atoms with Crippen molar-refractivity contribution in [3.05, 3.63) is 30.3 Å². The molecule has 2 aliphatic rings. The van der Waals surface area contributed by atoms with E-state index in [2.05, 4.69) is 0 Å². The third kappa shape index (κ3) is 5.01. The van der Waals surface area contributed by atoms with Gasteiger partial charge in [-0.05, 0) is 26.0 Å². The lowest BCUT2D eigenvalue weighted by Crippen LogP contribution is -2.58. The number of rotatable bonds is 5. The molecule has 0 N–H and O–H groups in total. The quantitative estimate of drug-likeness (QED) is 0.703. The van der Waals surface area contributed by atoms with Crippen LogP contribution in [-0.4, -0.2) is 54.2 Å². The zero-order valence-corrected chi connectivity index (χ0v) is 16.6. The largest absolute Gasteiger partial charge is 0.463 e. The molecule has 2 saturated heterocycles. The molecule has 0 unspecified atom stereocenters. The molecular formula is C19H24O7S. The van der Waals surface area contributed by atoms with E-state index in [1.807, 2.05) is 44.2 Å². The minimum absolute atomic E-state index is 0.0356. The summed E-state index contributed by atoms with van der Waals surface area (Å²) in [5.74, 6) is -1.74. The molecule has 0 radical (unpaired) electrons. The predicted molar refractivity (Wildman–Crippen MR) is 97.0 cm³/mol. The van der Waals surface area contributed by atoms with E-state index in [9.17, 15) is 9.59 Å². The first-order chi connectivity index (χ1) is 12.7. The molecule has 2 fully saturated rings. The second-order valence-electron chi connectivity index (χ2n) is 6.92. The van der Waals surface area contributed by atoms with Crippen LogP contribution < -0.4 is 0 Å². The fourth-order valence-corrected chi connectivity index (χ4v) is 4.34. The van der Waals surface area contributed by atoms with Gasteiger partial charge < -0.3 is 23.7 Å². The zero-order chi connectivity index (χ0) is 19.6. The second-order valence-corrected chi connectivity index (χ2v) is 8.09. The highest BCUT2D eigenvalue weighted by atomic mass is 32.2. The number of esters is 2. The molecule has 148 valence electrons. The van der Waals surface area contributed by atoms with Gasteiger partial charge in [0.05, 0.1) is 0 Å². The smallest absolute Gasteiger partial charge is 0.303 e. The van der Waals surface area contributed by atoms with Crippen LogP contribution in [0.4, 0.5) is 0 Å². The average Bonchev–Trinajstić information content (AvgIpc) is 2.92. The Morgan fingerprint density at radius 3 is 2.37 bits per heavy atom. The molecule has 27 heavy (non-hydrogen) atoms. The Morgan fingerprint density at radius 1 is 1.07 bits per heavy atom. The summed E-state index contributed by atoms with van der Waals surface area (Å²) in [5, 5.41) is 0. The predicted octanol–water partition coefficient (Wildman–Crippen LogP) is 2.52. The number of thioether (sulfide) groups is 1. The van der Waals surface area contributed by atoms with E-state index in [1.54, 1.807) is 0 Å². The van der Waals surface area contributed by atoms with Crippen LogP contribution in [0.1, 0.15) is 27.7 Å². The fourth-order valence-electron chi connectivity index (χ4n) is 3.22. The second kappa shape index (κ2) is 8.18. The van der Waals surface area contributed by atoms with Crippen LogP contribution in [0.15, 0.2) is 35.2 Å². The average molecular weight is 396 g/mol. The zero-order valence-electron chi connectivity index (χ0n) is 15.7. The molecule has 2 aliphatic heterocycles. The molecule has 0 spiro atoms. The standard InChI is InChI=1S/C19H24O7S/c1-11(20)22-10-14-15(23-12(2)21)16-17(26-19(3,4)25-16)18(24-14)27-13-8-6-5-7-9-13/h5-9,14-18H,10H2,1-4H3/t14-,15-,16-,17-,18+/m0/s1. The molecule has 0 aromatic heterocycles. The number of hydrogen-bond acceptors (Lipinski definition) is 8. The van der Waals surface area contributed by atoms with Crippen LogP contribution in [0.2, 0.25) is 0 Å². The number of carbonyl (C=O) groups excluding carboxylic acids is 2. The van der Waals surface area contributed by atoms with Crippen LogP contribution >= 0.6 is 11.8 Å². The van der Waals surface area contributed by atoms with E-state index >= 15 is 0 Å². The minimum atomic E-state index is -0.844. The Labute approximate surface area is 162 Å². The normalized spacial score (nSPS) is 31.8. The molecule has 1 aromatic carbocycles. The molecule has 3 rings (SSSR count). The van der Waals surface area contributed by atoms with Gasteiger partial charge in [0.2, 0.25) is 0 Å². The van der Waals surface area contributed by atoms with Gasteiger partial charge in [0.1, 0.15) is 30.4 Å². The van der Waals surface area contributed by atoms with Crippen molar-refractivity contribution in [1.82, 2.24) is 0 Å². The number of hydrogen-bond donors (Lipinski definition) is 0. The Balaban J connectivity index is 1.86. The van der Waals surface area contributed by atoms with Gasteiger partial charge in [0.25, 0.3) is 0 Å². The van der Waals surface area contributed by atoms with Gasteiger partial charge >= 0.3 is 11.9 Å². The van der Waals surface area contributed by atoms with Gasteiger partial charge in [-0.2, -0.15) is 0 Å². The lowest BCUT2D eigenvalue weighted by molar-refractivity contribution is -0.202. The summed E-state index contributed by atoms with van der Waals surface area (Å²) in [6.45, 7) is 6.22. The van der Waals surface area contributed by atoms with Crippen molar-refractivity contribution in [2.75, 3.05) is 6.61 Å². The molecule has 5 atom stereocenters. The summed E-state index contributed by atoms with van der Waals surface area (Å²) < 4.78 is 28.9. The van der Waals surface area contributed by atoms with E-state index in [0.717, 1.165) is 4.90 Å². The molecule has 8 heteroatoms. The number of benzene rings is 1. The molecule has 0 saturated carbocycles. The molecular weight excluding hydrogens is 372 g/mol. The van der Waals surface area contributed by atoms with E-state index in [-0.39, 0.29) is 6.61 Å². The van der Waals surface area contributed by atoms with E-state index in [0.29, 0.717) is 0 Å². The highest BCUT2D eigenvalue weighted by Gasteiger charge is 2.57. The Hall–Kier alpha value is -1.61. The van der Waals surface area contributed by atoms with Gasteiger partial charge in [-0.15, -0.1) is 0 Å². The van der Waals surface area contributed by atoms with Crippen LogP contribution in [0.5, 0.6) is 0 Å². The lowest BCUT2D eigenvalue weighted by atomic mass is 10.00. The monoisotopic (exact) mass is 396 g/mol. The van der Waals surface area contributed by atoms with E-state index in [1.165, 1.54) is 25.6 Å². The van der Waals surface area contributed by atoms with Gasteiger partial charge in [0.15, 0.2) is 11.9 Å². The van der Waals surface area contributed by atoms with Crippen molar-refractivity contribution < 1.29 is 33.3 Å². The van der Waals surface area contributed by atoms with E-state index in [4.69, 9.17) is 23.7 Å². The summed E-state index contributed by atoms with van der Waals surface area (Å²) in [7, 11) is 0. The third-order valence-corrected chi connectivity index (χ3v) is 5.34. The fraction of sp³-hybridized carbons (Fsp3) is 0.579. The highest BCUT2D eigenvalue weighted by molar-refractivity contribution is 7.99. The first kappa shape index (κ1) is 20.1. The first-order valence-electron chi connectivity index (χ1n) is 8.78. The van der Waals surface area contributed by atoms with Gasteiger partial charge in [0, 0.05) is 18.7 Å². The van der Waals surface area contributed by atoms with Gasteiger partial charge in [-0.1, -0.05) is 30.0 Å². The Kier molecular flexibility index (Phi) is 6.10. The van der Waals surface area contributed by atoms with Gasteiger partial charge in [-0.3, -0.25) is 9.59 Å². The maximum absolute atomic E-state index is 11.6. The molecule has 0 amide bonds. The van der Waals surface area contributed by atoms with Crippen molar-refractivity contribution in [3.8, 4) is 0 Å². The molecule has 0 aliphatic carbocycles. The van der Waals surface area contributed by atoms with Crippen molar-refractivity contribution >= 4 is 23.7 Å². The lowest BCUT2D eigenvalue weighted by Gasteiger charge is -2.41. The van der Waals surface area contributed by atoms with Crippen LogP contribution in [-0.2, 0) is 33.3 Å². The number of carbonyl (C=O) groups is 2. The SMILES string of the molecule is CC(=O)OC[C@@H]1O[C@H](Sc2ccccc2)[C@H]2OC(C)(C)O[C@H]2[C@H]1OC(C)=O. The summed E-state index contributed by atoms with van der Waals surface area (Å²) in [5.41, 5.74) is -0.411. The summed E-state index contributed by atoms with van der Waals surface area (Å²) >= 11 is 1.49. The minimum Gasteiger partial charge on any atom is -0.463 e. The Morgan fingerprint density at radius 2 is 1.74 bits per heavy atom. The van der Waals surface area contributed by atoms with Crippen LogP contribution in [0, 0.1) is 0 Å². The maximum atomic E-state index is 11.6.